The summed E-state index contributed by atoms with van der Waals surface area (Å²) in [4.78, 5) is 23.1. The number of carbonyl (C=O) groups excluding carboxylic acids is 1. The highest BCUT2D eigenvalue weighted by Crippen LogP contribution is 2.21. The van der Waals surface area contributed by atoms with Gasteiger partial charge in [-0.25, -0.2) is 4.98 Å². The number of para-hydroxylation sites is 1. The van der Waals surface area contributed by atoms with E-state index in [1.54, 1.807) is 0 Å². The van der Waals surface area contributed by atoms with Crippen molar-refractivity contribution >= 4 is 16.9 Å². The molecule has 0 radical (unpaired) electrons. The molecule has 0 N–H and O–H groups in total. The van der Waals surface area contributed by atoms with Crippen LogP contribution < -0.4 is 4.74 Å². The molecule has 3 aromatic rings. The fraction of sp³-hybridized carbons (Fsp3) is 0.400. The Hall–Kier alpha value is -2.96. The minimum atomic E-state index is 0.0654. The Labute approximate surface area is 157 Å². The standard InChI is InChI=1S/C20H22N4O3/c1-13-11-19(22-14(2)21-13)26-15-7-9-24(10-8-15)20(25)12-17-16-5-3-4-6-18(16)27-23-17/h3-6,11,15H,7-10,12H2,1-2H3. The topological polar surface area (TPSA) is 81.4 Å². The predicted octanol–water partition coefficient (Wildman–Crippen LogP) is 2.85. The van der Waals surface area contributed by atoms with Gasteiger partial charge in [-0.3, -0.25) is 4.79 Å². The molecule has 2 aromatic heterocycles. The third kappa shape index (κ3) is 3.92. The Morgan fingerprint density at radius 3 is 2.78 bits per heavy atom. The summed E-state index contributed by atoms with van der Waals surface area (Å²) < 4.78 is 11.3. The maximum Gasteiger partial charge on any atom is 0.228 e. The summed E-state index contributed by atoms with van der Waals surface area (Å²) in [6.45, 7) is 5.12. The second-order valence-corrected chi connectivity index (χ2v) is 6.89. The maximum absolute atomic E-state index is 12.6. The lowest BCUT2D eigenvalue weighted by molar-refractivity contribution is -0.132. The first-order chi connectivity index (χ1) is 13.1. The van der Waals surface area contributed by atoms with Crippen LogP contribution in [-0.4, -0.2) is 45.1 Å². The van der Waals surface area contributed by atoms with Gasteiger partial charge in [0.15, 0.2) is 5.58 Å². The number of fused-ring (bicyclic) bond motifs is 1. The minimum Gasteiger partial charge on any atom is -0.474 e. The SMILES string of the molecule is Cc1cc(OC2CCN(C(=O)Cc3noc4ccccc34)CC2)nc(C)n1. The van der Waals surface area contributed by atoms with Crippen molar-refractivity contribution in [3.8, 4) is 5.88 Å². The smallest absolute Gasteiger partial charge is 0.228 e. The quantitative estimate of drug-likeness (QED) is 0.706. The first-order valence-corrected chi connectivity index (χ1v) is 9.18. The minimum absolute atomic E-state index is 0.0654. The molecule has 7 heteroatoms. The molecule has 3 heterocycles. The van der Waals surface area contributed by atoms with Crippen LogP contribution in [0.2, 0.25) is 0 Å². The highest BCUT2D eigenvalue weighted by Gasteiger charge is 2.25. The highest BCUT2D eigenvalue weighted by molar-refractivity contribution is 5.86. The molecule has 0 spiro atoms. The van der Waals surface area contributed by atoms with Gasteiger partial charge in [0.25, 0.3) is 0 Å². The fourth-order valence-corrected chi connectivity index (χ4v) is 3.46. The van der Waals surface area contributed by atoms with Crippen LogP contribution in [0.5, 0.6) is 5.88 Å². The zero-order chi connectivity index (χ0) is 18.8. The van der Waals surface area contributed by atoms with E-state index in [0.29, 0.717) is 36.1 Å². The summed E-state index contributed by atoms with van der Waals surface area (Å²) in [5, 5.41) is 4.96. The molecule has 7 nitrogen and oxygen atoms in total. The van der Waals surface area contributed by atoms with Gasteiger partial charge < -0.3 is 14.2 Å². The van der Waals surface area contributed by atoms with Crippen molar-refractivity contribution in [1.29, 1.82) is 0 Å². The van der Waals surface area contributed by atoms with Crippen LogP contribution in [0, 0.1) is 13.8 Å². The van der Waals surface area contributed by atoms with Gasteiger partial charge in [0.05, 0.1) is 6.42 Å². The molecule has 0 atom stereocenters. The van der Waals surface area contributed by atoms with Crippen LogP contribution in [0.3, 0.4) is 0 Å². The first-order valence-electron chi connectivity index (χ1n) is 9.18. The third-order valence-corrected chi connectivity index (χ3v) is 4.80. The number of hydrogen-bond acceptors (Lipinski definition) is 6. The number of ether oxygens (including phenoxy) is 1. The van der Waals surface area contributed by atoms with Gasteiger partial charge in [-0.1, -0.05) is 17.3 Å². The van der Waals surface area contributed by atoms with Gasteiger partial charge in [-0.05, 0) is 26.0 Å². The lowest BCUT2D eigenvalue weighted by Crippen LogP contribution is -2.42. The number of rotatable bonds is 4. The van der Waals surface area contributed by atoms with E-state index in [1.165, 1.54) is 0 Å². The highest BCUT2D eigenvalue weighted by atomic mass is 16.5. The molecular formula is C20H22N4O3. The van der Waals surface area contributed by atoms with Crippen molar-refractivity contribution in [2.24, 2.45) is 0 Å². The number of benzene rings is 1. The van der Waals surface area contributed by atoms with Crippen molar-refractivity contribution in [2.75, 3.05) is 13.1 Å². The number of aryl methyl sites for hydroxylation is 2. The summed E-state index contributed by atoms with van der Waals surface area (Å²) in [5.74, 6) is 1.39. The summed E-state index contributed by atoms with van der Waals surface area (Å²) in [6.07, 6.45) is 1.89. The average molecular weight is 366 g/mol. The van der Waals surface area contributed by atoms with Crippen LogP contribution in [-0.2, 0) is 11.2 Å². The molecule has 1 fully saturated rings. The number of piperidine rings is 1. The zero-order valence-electron chi connectivity index (χ0n) is 15.5. The molecule has 1 aromatic carbocycles. The normalized spacial score (nSPS) is 15.3. The Balaban J connectivity index is 1.34. The second kappa shape index (κ2) is 7.34. The third-order valence-electron chi connectivity index (χ3n) is 4.80. The number of likely N-dealkylation sites (tertiary alicyclic amines) is 1. The molecule has 1 saturated heterocycles. The number of nitrogens with zero attached hydrogens (tertiary/aromatic N) is 4. The van der Waals surface area contributed by atoms with Crippen LogP contribution in [0.1, 0.15) is 30.1 Å². The van der Waals surface area contributed by atoms with Crippen LogP contribution in [0.4, 0.5) is 0 Å². The van der Waals surface area contributed by atoms with Gasteiger partial charge in [0.2, 0.25) is 11.8 Å². The Bertz CT molecular complexity index is 941. The van der Waals surface area contributed by atoms with E-state index in [1.807, 2.05) is 49.1 Å². The average Bonchev–Trinajstić information content (AvgIpc) is 3.04. The lowest BCUT2D eigenvalue weighted by Gasteiger charge is -2.32. The van der Waals surface area contributed by atoms with E-state index < -0.39 is 0 Å². The summed E-state index contributed by atoms with van der Waals surface area (Å²) >= 11 is 0. The van der Waals surface area contributed by atoms with E-state index in [2.05, 4.69) is 15.1 Å². The van der Waals surface area contributed by atoms with Crippen LogP contribution in [0.15, 0.2) is 34.9 Å². The lowest BCUT2D eigenvalue weighted by atomic mass is 10.1. The van der Waals surface area contributed by atoms with Gasteiger partial charge in [-0.15, -0.1) is 0 Å². The van der Waals surface area contributed by atoms with Crippen molar-refractivity contribution in [1.82, 2.24) is 20.0 Å². The molecular weight excluding hydrogens is 344 g/mol. The molecule has 1 aliphatic rings. The Morgan fingerprint density at radius 1 is 1.22 bits per heavy atom. The maximum atomic E-state index is 12.6. The van der Waals surface area contributed by atoms with Gasteiger partial charge >= 0.3 is 0 Å². The van der Waals surface area contributed by atoms with Crippen molar-refractivity contribution in [2.45, 2.75) is 39.2 Å². The van der Waals surface area contributed by atoms with E-state index in [0.717, 1.165) is 23.9 Å². The molecule has 0 unspecified atom stereocenters. The molecule has 27 heavy (non-hydrogen) atoms. The van der Waals surface area contributed by atoms with E-state index in [-0.39, 0.29) is 18.4 Å². The number of amides is 1. The van der Waals surface area contributed by atoms with Gasteiger partial charge in [0, 0.05) is 43.1 Å². The number of aromatic nitrogens is 3. The first kappa shape index (κ1) is 17.5. The molecule has 1 aliphatic heterocycles. The summed E-state index contributed by atoms with van der Waals surface area (Å²) in [6, 6.07) is 9.45. The summed E-state index contributed by atoms with van der Waals surface area (Å²) in [5.41, 5.74) is 2.30. The van der Waals surface area contributed by atoms with Crippen molar-refractivity contribution in [3.63, 3.8) is 0 Å². The molecule has 140 valence electrons. The van der Waals surface area contributed by atoms with E-state index in [9.17, 15) is 4.79 Å². The largest absolute Gasteiger partial charge is 0.474 e. The van der Waals surface area contributed by atoms with Crippen molar-refractivity contribution < 1.29 is 14.1 Å². The van der Waals surface area contributed by atoms with Gasteiger partial charge in [-0.2, -0.15) is 4.98 Å². The Morgan fingerprint density at radius 2 is 2.00 bits per heavy atom. The molecule has 0 saturated carbocycles. The van der Waals surface area contributed by atoms with Crippen molar-refractivity contribution in [3.05, 3.63) is 47.5 Å². The van der Waals surface area contributed by atoms with Crippen LogP contribution in [0.25, 0.3) is 11.0 Å². The monoisotopic (exact) mass is 366 g/mol. The zero-order valence-corrected chi connectivity index (χ0v) is 15.5. The fourth-order valence-electron chi connectivity index (χ4n) is 3.46. The van der Waals surface area contributed by atoms with E-state index in [4.69, 9.17) is 9.26 Å². The Kier molecular flexibility index (Phi) is 4.75. The van der Waals surface area contributed by atoms with Gasteiger partial charge in [0.1, 0.15) is 17.6 Å². The molecule has 1 amide bonds. The predicted molar refractivity (Wildman–Crippen MR) is 99.4 cm³/mol. The number of hydrogen-bond donors (Lipinski definition) is 0. The molecule has 0 bridgehead atoms. The molecule has 4 rings (SSSR count). The number of carbonyl (C=O) groups is 1. The van der Waals surface area contributed by atoms with E-state index >= 15 is 0 Å². The summed E-state index contributed by atoms with van der Waals surface area (Å²) in [7, 11) is 0. The second-order valence-electron chi connectivity index (χ2n) is 6.89. The molecule has 0 aliphatic carbocycles. The van der Waals surface area contributed by atoms with Crippen LogP contribution >= 0.6 is 0 Å².